The largest absolute Gasteiger partial charge is 0.492 e. The van der Waals surface area contributed by atoms with E-state index in [0.717, 1.165) is 18.9 Å². The van der Waals surface area contributed by atoms with Crippen LogP contribution in [-0.2, 0) is 0 Å². The SMILES string of the molecule is Ic1ccc2c(c1)C1CCNC1CO2. The number of halogens is 1. The molecule has 1 N–H and O–H groups in total. The molecule has 0 aliphatic carbocycles. The van der Waals surface area contributed by atoms with E-state index in [9.17, 15) is 0 Å². The molecule has 3 heteroatoms. The highest BCUT2D eigenvalue weighted by Crippen LogP contribution is 2.38. The normalized spacial score (nSPS) is 29.2. The molecule has 2 aliphatic rings. The molecular weight excluding hydrogens is 289 g/mol. The van der Waals surface area contributed by atoms with Crippen LogP contribution in [0.4, 0.5) is 0 Å². The van der Waals surface area contributed by atoms with Crippen LogP contribution in [0.5, 0.6) is 5.75 Å². The average molecular weight is 301 g/mol. The Morgan fingerprint density at radius 2 is 2.36 bits per heavy atom. The zero-order valence-corrected chi connectivity index (χ0v) is 9.95. The highest BCUT2D eigenvalue weighted by molar-refractivity contribution is 14.1. The second-order valence-electron chi connectivity index (χ2n) is 3.95. The van der Waals surface area contributed by atoms with Crippen molar-refractivity contribution in [3.8, 4) is 5.75 Å². The van der Waals surface area contributed by atoms with E-state index < -0.39 is 0 Å². The lowest BCUT2D eigenvalue weighted by molar-refractivity contribution is 0.239. The quantitative estimate of drug-likeness (QED) is 0.741. The van der Waals surface area contributed by atoms with Gasteiger partial charge in [-0.05, 0) is 59.3 Å². The van der Waals surface area contributed by atoms with Gasteiger partial charge < -0.3 is 10.1 Å². The van der Waals surface area contributed by atoms with Gasteiger partial charge in [0.1, 0.15) is 12.4 Å². The molecule has 0 spiro atoms. The molecule has 1 saturated heterocycles. The fraction of sp³-hybridized carbons (Fsp3) is 0.455. The zero-order valence-electron chi connectivity index (χ0n) is 7.79. The first-order valence-corrected chi connectivity index (χ1v) is 6.08. The first kappa shape index (κ1) is 8.97. The van der Waals surface area contributed by atoms with Crippen LogP contribution in [0.2, 0.25) is 0 Å². The standard InChI is InChI=1S/C11H12INO/c12-7-1-2-11-9(5-7)8-3-4-13-10(8)6-14-11/h1-2,5,8,10,13H,3-4,6H2. The Morgan fingerprint density at radius 1 is 1.43 bits per heavy atom. The Hall–Kier alpha value is -0.290. The van der Waals surface area contributed by atoms with Crippen molar-refractivity contribution in [2.45, 2.75) is 18.4 Å². The Morgan fingerprint density at radius 3 is 3.29 bits per heavy atom. The lowest BCUT2D eigenvalue weighted by atomic mass is 9.90. The summed E-state index contributed by atoms with van der Waals surface area (Å²) in [6.07, 6.45) is 1.25. The van der Waals surface area contributed by atoms with Gasteiger partial charge in [0.05, 0.1) is 0 Å². The Labute approximate surface area is 97.2 Å². The van der Waals surface area contributed by atoms with Crippen LogP contribution in [0.15, 0.2) is 18.2 Å². The summed E-state index contributed by atoms with van der Waals surface area (Å²) in [5.74, 6) is 1.77. The molecule has 3 rings (SSSR count). The molecular formula is C11H12INO. The number of benzene rings is 1. The van der Waals surface area contributed by atoms with Crippen molar-refractivity contribution in [3.63, 3.8) is 0 Å². The molecule has 2 heterocycles. The summed E-state index contributed by atoms with van der Waals surface area (Å²) in [5, 5.41) is 3.49. The lowest BCUT2D eigenvalue weighted by Gasteiger charge is -2.28. The number of ether oxygens (including phenoxy) is 1. The lowest BCUT2D eigenvalue weighted by Crippen LogP contribution is -2.35. The highest BCUT2D eigenvalue weighted by Gasteiger charge is 2.34. The number of hydrogen-bond acceptors (Lipinski definition) is 2. The summed E-state index contributed by atoms with van der Waals surface area (Å²) in [6.45, 7) is 1.96. The van der Waals surface area contributed by atoms with Crippen LogP contribution in [0.1, 0.15) is 17.9 Å². The van der Waals surface area contributed by atoms with E-state index >= 15 is 0 Å². The van der Waals surface area contributed by atoms with Gasteiger partial charge in [0.15, 0.2) is 0 Å². The second kappa shape index (κ2) is 3.38. The smallest absolute Gasteiger partial charge is 0.122 e. The van der Waals surface area contributed by atoms with Gasteiger partial charge in [-0.2, -0.15) is 0 Å². The molecule has 0 bridgehead atoms. The summed E-state index contributed by atoms with van der Waals surface area (Å²) in [4.78, 5) is 0. The van der Waals surface area contributed by atoms with Crippen molar-refractivity contribution in [2.24, 2.45) is 0 Å². The van der Waals surface area contributed by atoms with Crippen molar-refractivity contribution >= 4 is 22.6 Å². The summed E-state index contributed by atoms with van der Waals surface area (Å²) in [6, 6.07) is 7.02. The van der Waals surface area contributed by atoms with E-state index in [1.54, 1.807) is 0 Å². The number of rotatable bonds is 0. The molecule has 14 heavy (non-hydrogen) atoms. The minimum atomic E-state index is 0.542. The van der Waals surface area contributed by atoms with Crippen molar-refractivity contribution in [3.05, 3.63) is 27.3 Å². The van der Waals surface area contributed by atoms with Gasteiger partial charge in [0, 0.05) is 15.5 Å². The summed E-state index contributed by atoms with van der Waals surface area (Å²) >= 11 is 2.36. The molecule has 2 unspecified atom stereocenters. The predicted molar refractivity (Wildman–Crippen MR) is 63.8 cm³/mol. The third-order valence-electron chi connectivity index (χ3n) is 3.14. The molecule has 1 aromatic rings. The van der Waals surface area contributed by atoms with Gasteiger partial charge in [-0.3, -0.25) is 0 Å². The minimum absolute atomic E-state index is 0.542. The van der Waals surface area contributed by atoms with E-state index in [2.05, 4.69) is 46.1 Å². The zero-order chi connectivity index (χ0) is 9.54. The van der Waals surface area contributed by atoms with E-state index in [1.165, 1.54) is 15.6 Å². The molecule has 2 nitrogen and oxygen atoms in total. The van der Waals surface area contributed by atoms with E-state index in [4.69, 9.17) is 4.74 Å². The van der Waals surface area contributed by atoms with Gasteiger partial charge >= 0.3 is 0 Å². The van der Waals surface area contributed by atoms with Crippen LogP contribution in [0, 0.1) is 3.57 Å². The molecule has 74 valence electrons. The Kier molecular flexibility index (Phi) is 2.17. The monoisotopic (exact) mass is 301 g/mol. The number of fused-ring (bicyclic) bond motifs is 3. The first-order valence-electron chi connectivity index (χ1n) is 5.00. The molecule has 0 amide bonds. The van der Waals surface area contributed by atoms with Gasteiger partial charge in [-0.25, -0.2) is 0 Å². The molecule has 1 fully saturated rings. The third kappa shape index (κ3) is 1.34. The highest BCUT2D eigenvalue weighted by atomic mass is 127. The van der Waals surface area contributed by atoms with Gasteiger partial charge in [0.2, 0.25) is 0 Å². The molecule has 0 saturated carbocycles. The van der Waals surface area contributed by atoms with Crippen LogP contribution < -0.4 is 10.1 Å². The first-order chi connectivity index (χ1) is 6.84. The van der Waals surface area contributed by atoms with Crippen LogP contribution >= 0.6 is 22.6 Å². The van der Waals surface area contributed by atoms with E-state index in [0.29, 0.717) is 12.0 Å². The maximum atomic E-state index is 5.73. The summed E-state index contributed by atoms with van der Waals surface area (Å²) in [5.41, 5.74) is 1.40. The fourth-order valence-corrected chi connectivity index (χ4v) is 2.95. The van der Waals surface area contributed by atoms with Crippen molar-refractivity contribution in [1.82, 2.24) is 5.32 Å². The fourth-order valence-electron chi connectivity index (χ4n) is 2.44. The Bertz CT molecular complexity index is 366. The van der Waals surface area contributed by atoms with Crippen molar-refractivity contribution in [1.29, 1.82) is 0 Å². The van der Waals surface area contributed by atoms with Crippen LogP contribution in [0.3, 0.4) is 0 Å². The average Bonchev–Trinajstić information content (AvgIpc) is 2.65. The van der Waals surface area contributed by atoms with E-state index in [-0.39, 0.29) is 0 Å². The van der Waals surface area contributed by atoms with Gasteiger partial charge in [0.25, 0.3) is 0 Å². The Balaban J connectivity index is 2.07. The maximum absolute atomic E-state index is 5.73. The molecule has 2 aliphatic heterocycles. The van der Waals surface area contributed by atoms with Crippen molar-refractivity contribution in [2.75, 3.05) is 13.2 Å². The molecule has 1 aromatic carbocycles. The predicted octanol–water partition coefficient (Wildman–Crippen LogP) is 2.13. The van der Waals surface area contributed by atoms with Crippen LogP contribution in [-0.4, -0.2) is 19.2 Å². The van der Waals surface area contributed by atoms with Gasteiger partial charge in [-0.1, -0.05) is 0 Å². The van der Waals surface area contributed by atoms with E-state index in [1.807, 2.05) is 0 Å². The third-order valence-corrected chi connectivity index (χ3v) is 3.81. The topological polar surface area (TPSA) is 21.3 Å². The molecule has 0 aromatic heterocycles. The van der Waals surface area contributed by atoms with Gasteiger partial charge in [-0.15, -0.1) is 0 Å². The van der Waals surface area contributed by atoms with Crippen LogP contribution in [0.25, 0.3) is 0 Å². The maximum Gasteiger partial charge on any atom is 0.122 e. The minimum Gasteiger partial charge on any atom is -0.492 e. The molecule has 0 radical (unpaired) electrons. The van der Waals surface area contributed by atoms with Crippen molar-refractivity contribution < 1.29 is 4.74 Å². The number of nitrogens with one attached hydrogen (secondary N) is 1. The number of hydrogen-bond donors (Lipinski definition) is 1. The summed E-state index contributed by atoms with van der Waals surface area (Å²) < 4.78 is 7.03. The summed E-state index contributed by atoms with van der Waals surface area (Å²) in [7, 11) is 0. The molecule has 2 atom stereocenters. The second-order valence-corrected chi connectivity index (χ2v) is 5.19.